The smallest absolute Gasteiger partial charge is 0.174 e. The molecule has 1 atom stereocenters. The van der Waals surface area contributed by atoms with Crippen molar-refractivity contribution in [1.82, 2.24) is 15.2 Å². The zero-order chi connectivity index (χ0) is 16.9. The lowest BCUT2D eigenvalue weighted by atomic mass is 9.97. The number of benzene rings is 1. The second-order valence-electron chi connectivity index (χ2n) is 5.76. The van der Waals surface area contributed by atoms with Gasteiger partial charge >= 0.3 is 0 Å². The highest BCUT2D eigenvalue weighted by Gasteiger charge is 2.26. The fourth-order valence-electron chi connectivity index (χ4n) is 2.94. The van der Waals surface area contributed by atoms with E-state index in [9.17, 15) is 4.39 Å². The van der Waals surface area contributed by atoms with Crippen molar-refractivity contribution < 1.29 is 4.39 Å². The molecule has 3 rings (SSSR count). The Morgan fingerprint density at radius 3 is 2.67 bits per heavy atom. The van der Waals surface area contributed by atoms with Crippen LogP contribution in [0.25, 0.3) is 0 Å². The van der Waals surface area contributed by atoms with Gasteiger partial charge in [0.1, 0.15) is 10.8 Å². The number of likely N-dealkylation sites (tertiary alicyclic amines) is 1. The van der Waals surface area contributed by atoms with Crippen LogP contribution in [0.2, 0.25) is 0 Å². The third-order valence-electron chi connectivity index (χ3n) is 4.16. The molecule has 24 heavy (non-hydrogen) atoms. The number of hydrogen-bond acceptors (Lipinski definition) is 3. The molecule has 1 saturated heterocycles. The zero-order valence-corrected chi connectivity index (χ0v) is 14.7. The van der Waals surface area contributed by atoms with Crippen molar-refractivity contribution in [2.45, 2.75) is 25.3 Å². The second kappa shape index (κ2) is 7.77. The molecule has 124 valence electrons. The summed E-state index contributed by atoms with van der Waals surface area (Å²) in [5.41, 5.74) is 1.91. The van der Waals surface area contributed by atoms with Crippen molar-refractivity contribution in [2.75, 3.05) is 6.54 Å². The number of pyridine rings is 1. The predicted octanol–water partition coefficient (Wildman–Crippen LogP) is 4.00. The Kier molecular flexibility index (Phi) is 5.48. The molecule has 1 aromatic heterocycles. The third kappa shape index (κ3) is 3.94. The van der Waals surface area contributed by atoms with Crippen LogP contribution in [0.5, 0.6) is 0 Å². The molecular formula is C18H18FN3S2. The summed E-state index contributed by atoms with van der Waals surface area (Å²) >= 11 is 11.0. The van der Waals surface area contributed by atoms with Crippen LogP contribution in [0.4, 0.5) is 4.39 Å². The number of thiocarbonyl (C=S) groups is 2. The highest BCUT2D eigenvalue weighted by atomic mass is 32.1. The minimum absolute atomic E-state index is 0.212. The van der Waals surface area contributed by atoms with Gasteiger partial charge in [0.2, 0.25) is 0 Å². The summed E-state index contributed by atoms with van der Waals surface area (Å²) in [6.45, 7) is 0.886. The van der Waals surface area contributed by atoms with Gasteiger partial charge in [0.05, 0.1) is 6.04 Å². The quantitative estimate of drug-likeness (QED) is 0.819. The van der Waals surface area contributed by atoms with Gasteiger partial charge in [-0.05, 0) is 67.4 Å². The van der Waals surface area contributed by atoms with E-state index in [1.807, 2.05) is 12.3 Å². The standard InChI is InChI=1S/C18H18FN3S2/c19-15-8-6-13(7-9-15)17(23)21-18(24)22-11-2-1-5-16(22)14-4-3-10-20-12-14/h3-4,6-10,12,16H,1-2,5,11H2,(H,21,23,24). The van der Waals surface area contributed by atoms with Crippen LogP contribution in [-0.4, -0.2) is 26.5 Å². The first kappa shape index (κ1) is 16.9. The SMILES string of the molecule is Fc1ccc(C(=S)NC(=S)N2CCCCC2c2cccnc2)cc1. The van der Waals surface area contributed by atoms with E-state index in [-0.39, 0.29) is 11.9 Å². The third-order valence-corrected chi connectivity index (χ3v) is 4.83. The molecule has 2 aromatic rings. The summed E-state index contributed by atoms with van der Waals surface area (Å²) < 4.78 is 13.0. The van der Waals surface area contributed by atoms with Crippen molar-refractivity contribution in [3.63, 3.8) is 0 Å². The number of piperidine rings is 1. The topological polar surface area (TPSA) is 28.2 Å². The molecule has 0 aliphatic carbocycles. The molecule has 3 nitrogen and oxygen atoms in total. The van der Waals surface area contributed by atoms with Gasteiger partial charge < -0.3 is 10.2 Å². The first-order valence-electron chi connectivity index (χ1n) is 7.92. The fourth-order valence-corrected chi connectivity index (χ4v) is 3.55. The van der Waals surface area contributed by atoms with Gasteiger partial charge in [0.25, 0.3) is 0 Å². The molecular weight excluding hydrogens is 341 g/mol. The monoisotopic (exact) mass is 359 g/mol. The number of nitrogens with one attached hydrogen (secondary N) is 1. The van der Waals surface area contributed by atoms with E-state index in [4.69, 9.17) is 24.4 Å². The fraction of sp³-hybridized carbons (Fsp3) is 0.278. The summed E-state index contributed by atoms with van der Waals surface area (Å²) in [5.74, 6) is -0.281. The molecule has 0 saturated carbocycles. The van der Waals surface area contributed by atoms with E-state index < -0.39 is 0 Å². The average Bonchev–Trinajstić information content (AvgIpc) is 2.63. The number of aromatic nitrogens is 1. The molecule has 1 aliphatic heterocycles. The number of hydrogen-bond donors (Lipinski definition) is 1. The Morgan fingerprint density at radius 2 is 1.96 bits per heavy atom. The number of halogens is 1. The summed E-state index contributed by atoms with van der Waals surface area (Å²) in [6, 6.07) is 10.3. The Bertz CT molecular complexity index is 719. The molecule has 0 amide bonds. The molecule has 0 bridgehead atoms. The summed E-state index contributed by atoms with van der Waals surface area (Å²) in [7, 11) is 0. The largest absolute Gasteiger partial charge is 0.342 e. The summed E-state index contributed by atoms with van der Waals surface area (Å²) in [6.07, 6.45) is 6.97. The van der Waals surface area contributed by atoms with E-state index in [1.165, 1.54) is 18.6 Å². The van der Waals surface area contributed by atoms with Crippen LogP contribution in [0.15, 0.2) is 48.8 Å². The normalized spacial score (nSPS) is 17.4. The molecule has 6 heteroatoms. The molecule has 0 radical (unpaired) electrons. The minimum atomic E-state index is -0.281. The summed E-state index contributed by atoms with van der Waals surface area (Å²) in [5, 5.41) is 3.74. The van der Waals surface area contributed by atoms with E-state index in [1.54, 1.807) is 18.3 Å². The highest BCUT2D eigenvalue weighted by Crippen LogP contribution is 2.30. The van der Waals surface area contributed by atoms with Crippen LogP contribution in [0.3, 0.4) is 0 Å². The lowest BCUT2D eigenvalue weighted by Gasteiger charge is -2.37. The molecule has 1 aliphatic rings. The maximum absolute atomic E-state index is 13.0. The van der Waals surface area contributed by atoms with Gasteiger partial charge in [-0.2, -0.15) is 0 Å². The van der Waals surface area contributed by atoms with Crippen molar-refractivity contribution in [3.8, 4) is 0 Å². The Morgan fingerprint density at radius 1 is 1.17 bits per heavy atom. The van der Waals surface area contributed by atoms with E-state index in [0.29, 0.717) is 10.1 Å². The van der Waals surface area contributed by atoms with E-state index in [2.05, 4.69) is 21.3 Å². The van der Waals surface area contributed by atoms with Crippen molar-refractivity contribution in [2.24, 2.45) is 0 Å². The van der Waals surface area contributed by atoms with Gasteiger partial charge in [-0.15, -0.1) is 0 Å². The highest BCUT2D eigenvalue weighted by molar-refractivity contribution is 7.82. The number of nitrogens with zero attached hydrogens (tertiary/aromatic N) is 2. The first-order chi connectivity index (χ1) is 11.6. The van der Waals surface area contributed by atoms with Gasteiger partial charge in [-0.25, -0.2) is 4.39 Å². The Balaban J connectivity index is 1.72. The lowest BCUT2D eigenvalue weighted by Crippen LogP contribution is -2.46. The van der Waals surface area contributed by atoms with Gasteiger partial charge in [-0.3, -0.25) is 4.98 Å². The molecule has 0 spiro atoms. The van der Waals surface area contributed by atoms with Crippen LogP contribution in [-0.2, 0) is 0 Å². The molecule has 1 fully saturated rings. The second-order valence-corrected chi connectivity index (χ2v) is 6.55. The average molecular weight is 359 g/mol. The van der Waals surface area contributed by atoms with Crippen LogP contribution < -0.4 is 5.32 Å². The van der Waals surface area contributed by atoms with Gasteiger partial charge in [-0.1, -0.05) is 18.3 Å². The maximum atomic E-state index is 13.0. The molecule has 2 heterocycles. The molecule has 1 aromatic carbocycles. The Labute approximate surface area is 151 Å². The van der Waals surface area contributed by atoms with Crippen molar-refractivity contribution in [3.05, 3.63) is 65.7 Å². The first-order valence-corrected chi connectivity index (χ1v) is 8.74. The van der Waals surface area contributed by atoms with Crippen LogP contribution in [0.1, 0.15) is 36.4 Å². The van der Waals surface area contributed by atoms with Crippen molar-refractivity contribution in [1.29, 1.82) is 0 Å². The van der Waals surface area contributed by atoms with Crippen molar-refractivity contribution >= 4 is 34.5 Å². The van der Waals surface area contributed by atoms with Gasteiger partial charge in [0.15, 0.2) is 5.11 Å². The van der Waals surface area contributed by atoms with E-state index in [0.717, 1.165) is 30.5 Å². The Hall–Kier alpha value is -1.92. The predicted molar refractivity (Wildman–Crippen MR) is 101 cm³/mol. The maximum Gasteiger partial charge on any atom is 0.174 e. The number of rotatable bonds is 2. The molecule has 1 N–H and O–H groups in total. The zero-order valence-electron chi connectivity index (χ0n) is 13.1. The van der Waals surface area contributed by atoms with Gasteiger partial charge in [0, 0.05) is 24.5 Å². The minimum Gasteiger partial charge on any atom is -0.342 e. The van der Waals surface area contributed by atoms with Crippen LogP contribution in [0, 0.1) is 5.82 Å². The van der Waals surface area contributed by atoms with E-state index >= 15 is 0 Å². The summed E-state index contributed by atoms with van der Waals surface area (Å²) in [4.78, 5) is 6.90. The lowest BCUT2D eigenvalue weighted by molar-refractivity contribution is 0.244. The van der Waals surface area contributed by atoms with Crippen LogP contribution >= 0.6 is 24.4 Å². The molecule has 1 unspecified atom stereocenters.